The maximum atomic E-state index is 14.5. The molecule has 1 atom stereocenters. The Morgan fingerprint density at radius 2 is 1.81 bits per heavy atom. The average molecular weight is 441 g/mol. The summed E-state index contributed by atoms with van der Waals surface area (Å²) in [5, 5.41) is 5.94. The zero-order valence-electron chi connectivity index (χ0n) is 17.4. The van der Waals surface area contributed by atoms with Gasteiger partial charge in [0.15, 0.2) is 0 Å². The fourth-order valence-electron chi connectivity index (χ4n) is 4.99. The number of halogens is 3. The van der Waals surface area contributed by atoms with Crippen LogP contribution in [0.2, 0.25) is 0 Å². The van der Waals surface area contributed by atoms with Crippen molar-refractivity contribution in [3.05, 3.63) is 59.4 Å². The Morgan fingerprint density at radius 1 is 1.09 bits per heavy atom. The number of benzene rings is 2. The van der Waals surface area contributed by atoms with Gasteiger partial charge in [0.05, 0.1) is 11.2 Å². The second-order valence-electron chi connectivity index (χ2n) is 9.00. The summed E-state index contributed by atoms with van der Waals surface area (Å²) in [6.07, 6.45) is 1.48. The first-order chi connectivity index (χ1) is 15.2. The van der Waals surface area contributed by atoms with Gasteiger partial charge in [-0.3, -0.25) is 9.59 Å². The highest BCUT2D eigenvalue weighted by molar-refractivity contribution is 5.94. The lowest BCUT2D eigenvalue weighted by atomic mass is 9.60. The molecule has 5 rings (SSSR count). The number of nitrogens with one attached hydrogen (secondary N) is 3. The van der Waals surface area contributed by atoms with E-state index in [0.29, 0.717) is 48.0 Å². The Balaban J connectivity index is 1.49. The molecule has 0 unspecified atom stereocenters. The molecule has 1 aliphatic heterocycles. The van der Waals surface area contributed by atoms with Gasteiger partial charge in [-0.25, -0.2) is 13.2 Å². The Kier molecular flexibility index (Phi) is 4.76. The lowest BCUT2D eigenvalue weighted by Crippen LogP contribution is -2.51. The van der Waals surface area contributed by atoms with Crippen molar-refractivity contribution in [1.29, 1.82) is 0 Å². The van der Waals surface area contributed by atoms with E-state index in [-0.39, 0.29) is 23.2 Å². The van der Waals surface area contributed by atoms with Gasteiger partial charge in [-0.15, -0.1) is 0 Å². The third kappa shape index (κ3) is 3.34. The van der Waals surface area contributed by atoms with Gasteiger partial charge in [0.1, 0.15) is 23.5 Å². The highest BCUT2D eigenvalue weighted by atomic mass is 19.1. The Morgan fingerprint density at radius 3 is 2.47 bits per heavy atom. The van der Waals surface area contributed by atoms with Crippen LogP contribution in [0.3, 0.4) is 0 Å². The normalized spacial score (nSPS) is 24.9. The molecule has 32 heavy (non-hydrogen) atoms. The monoisotopic (exact) mass is 441 g/mol. The molecular weight excluding hydrogens is 419 g/mol. The number of H-pyrrole nitrogens is 1. The molecule has 3 aromatic rings. The lowest BCUT2D eigenvalue weighted by Gasteiger charge is -2.44. The zero-order valence-corrected chi connectivity index (χ0v) is 17.4. The smallest absolute Gasteiger partial charge is 0.242 e. The van der Waals surface area contributed by atoms with E-state index >= 15 is 0 Å². The van der Waals surface area contributed by atoms with Crippen LogP contribution in [0.25, 0.3) is 22.2 Å². The van der Waals surface area contributed by atoms with Crippen molar-refractivity contribution >= 4 is 22.7 Å². The second kappa shape index (κ2) is 7.39. The van der Waals surface area contributed by atoms with Crippen molar-refractivity contribution in [3.63, 3.8) is 0 Å². The minimum atomic E-state index is -0.707. The molecule has 1 saturated carbocycles. The predicted molar refractivity (Wildman–Crippen MR) is 113 cm³/mol. The minimum Gasteiger partial charge on any atom is -0.354 e. The molecular formula is C24H22F3N3O2. The molecule has 1 aliphatic carbocycles. The van der Waals surface area contributed by atoms with Crippen LogP contribution in [0.1, 0.15) is 37.7 Å². The van der Waals surface area contributed by atoms with Crippen LogP contribution in [0.15, 0.2) is 36.4 Å². The van der Waals surface area contributed by atoms with Crippen molar-refractivity contribution in [1.82, 2.24) is 15.6 Å². The topological polar surface area (TPSA) is 74.0 Å². The first-order valence-corrected chi connectivity index (χ1v) is 10.6. The summed E-state index contributed by atoms with van der Waals surface area (Å²) in [5.41, 5.74) is 1.45. The predicted octanol–water partition coefficient (Wildman–Crippen LogP) is 4.14. The number of aromatic amines is 1. The molecule has 1 saturated heterocycles. The number of amides is 2. The van der Waals surface area contributed by atoms with Gasteiger partial charge in [0.25, 0.3) is 0 Å². The van der Waals surface area contributed by atoms with Crippen molar-refractivity contribution in [2.75, 3.05) is 6.54 Å². The minimum absolute atomic E-state index is 0.127. The molecule has 2 heterocycles. The largest absolute Gasteiger partial charge is 0.354 e. The van der Waals surface area contributed by atoms with E-state index < -0.39 is 28.9 Å². The van der Waals surface area contributed by atoms with Crippen molar-refractivity contribution in [2.45, 2.75) is 38.1 Å². The summed E-state index contributed by atoms with van der Waals surface area (Å²) in [6, 6.07) is 7.38. The molecule has 5 nitrogen and oxygen atoms in total. The van der Waals surface area contributed by atoms with Gasteiger partial charge in [-0.2, -0.15) is 0 Å². The van der Waals surface area contributed by atoms with Gasteiger partial charge in [0, 0.05) is 23.4 Å². The number of hydrogen-bond donors (Lipinski definition) is 3. The summed E-state index contributed by atoms with van der Waals surface area (Å²) in [7, 11) is 0. The van der Waals surface area contributed by atoms with E-state index in [0.717, 1.165) is 6.07 Å². The third-order valence-electron chi connectivity index (χ3n) is 6.70. The van der Waals surface area contributed by atoms with Gasteiger partial charge in [0.2, 0.25) is 11.8 Å². The van der Waals surface area contributed by atoms with Crippen LogP contribution in [0.4, 0.5) is 13.2 Å². The molecule has 0 radical (unpaired) electrons. The Labute approximate surface area is 182 Å². The summed E-state index contributed by atoms with van der Waals surface area (Å²) < 4.78 is 42.0. The molecule has 0 bridgehead atoms. The molecule has 2 aliphatic rings. The summed E-state index contributed by atoms with van der Waals surface area (Å²) in [5.74, 6) is -2.30. The van der Waals surface area contributed by atoms with Gasteiger partial charge >= 0.3 is 0 Å². The van der Waals surface area contributed by atoms with Gasteiger partial charge < -0.3 is 15.6 Å². The van der Waals surface area contributed by atoms with Crippen molar-refractivity contribution < 1.29 is 22.8 Å². The summed E-state index contributed by atoms with van der Waals surface area (Å²) in [6.45, 7) is 2.37. The standard InChI is InChI=1S/C24H22F3N3O2/c1-24(23(32)29-18-6-7-28-22(18)31)10-13(11-24)19-16-8-15(26)9-17(27)21(16)30-20(19)12-2-4-14(25)5-3-12/h2-5,8-9,13,18,30H,6-7,10-11H2,1H3,(H,28,31)(H,29,32)/t13?,18-,24?/m0/s1. The number of fused-ring (bicyclic) bond motifs is 1. The quantitative estimate of drug-likeness (QED) is 0.569. The average Bonchev–Trinajstić information content (AvgIpc) is 3.30. The number of rotatable bonds is 4. The van der Waals surface area contributed by atoms with E-state index in [4.69, 9.17) is 0 Å². The molecule has 166 valence electrons. The highest BCUT2D eigenvalue weighted by Crippen LogP contribution is 2.54. The zero-order chi connectivity index (χ0) is 22.6. The Bertz CT molecular complexity index is 1230. The molecule has 3 N–H and O–H groups in total. The van der Waals surface area contributed by atoms with Crippen LogP contribution in [0.5, 0.6) is 0 Å². The first-order valence-electron chi connectivity index (χ1n) is 10.6. The third-order valence-corrected chi connectivity index (χ3v) is 6.70. The Hall–Kier alpha value is -3.29. The van der Waals surface area contributed by atoms with E-state index in [9.17, 15) is 22.8 Å². The number of aromatic nitrogens is 1. The maximum Gasteiger partial charge on any atom is 0.242 e. The number of carbonyl (C=O) groups excluding carboxylic acids is 2. The lowest BCUT2D eigenvalue weighted by molar-refractivity contribution is -0.138. The molecule has 2 fully saturated rings. The fraction of sp³-hybridized carbons (Fsp3) is 0.333. The van der Waals surface area contributed by atoms with Crippen molar-refractivity contribution in [3.8, 4) is 11.3 Å². The highest BCUT2D eigenvalue weighted by Gasteiger charge is 2.49. The van der Waals surface area contributed by atoms with Crippen LogP contribution < -0.4 is 10.6 Å². The van der Waals surface area contributed by atoms with E-state index in [1.807, 2.05) is 6.92 Å². The summed E-state index contributed by atoms with van der Waals surface area (Å²) in [4.78, 5) is 27.7. The number of carbonyl (C=O) groups is 2. The molecule has 8 heteroatoms. The molecule has 2 aromatic carbocycles. The van der Waals surface area contributed by atoms with E-state index in [1.54, 1.807) is 12.1 Å². The van der Waals surface area contributed by atoms with E-state index in [1.165, 1.54) is 18.2 Å². The van der Waals surface area contributed by atoms with Gasteiger partial charge in [-0.1, -0.05) is 6.92 Å². The molecule has 1 aromatic heterocycles. The molecule has 0 spiro atoms. The van der Waals surface area contributed by atoms with Crippen LogP contribution in [-0.2, 0) is 9.59 Å². The van der Waals surface area contributed by atoms with Gasteiger partial charge in [-0.05, 0) is 66.6 Å². The van der Waals surface area contributed by atoms with E-state index in [2.05, 4.69) is 15.6 Å². The van der Waals surface area contributed by atoms with Crippen molar-refractivity contribution in [2.24, 2.45) is 5.41 Å². The van der Waals surface area contributed by atoms with Crippen LogP contribution in [-0.4, -0.2) is 29.4 Å². The SMILES string of the molecule is CC1(C(=O)N[C@H]2CCNC2=O)CC(c2c(-c3ccc(F)cc3)[nH]c3c(F)cc(F)cc23)C1. The second-order valence-corrected chi connectivity index (χ2v) is 9.00. The molecule has 2 amide bonds. The maximum absolute atomic E-state index is 14.5. The van der Waals surface area contributed by atoms with Crippen LogP contribution in [0, 0.1) is 22.9 Å². The summed E-state index contributed by atoms with van der Waals surface area (Å²) >= 11 is 0. The first kappa shape index (κ1) is 20.6. The fourth-order valence-corrected chi connectivity index (χ4v) is 4.99. The van der Waals surface area contributed by atoms with Crippen LogP contribution >= 0.6 is 0 Å². The number of hydrogen-bond acceptors (Lipinski definition) is 2.